The molecular formula is C9H11N5. The molecule has 0 unspecified atom stereocenters. The molecule has 0 saturated carbocycles. The second-order valence-electron chi connectivity index (χ2n) is 2.93. The highest BCUT2D eigenvalue weighted by Gasteiger charge is 2.11. The van der Waals surface area contributed by atoms with Crippen molar-refractivity contribution in [1.29, 1.82) is 0 Å². The van der Waals surface area contributed by atoms with Gasteiger partial charge in [0.1, 0.15) is 11.4 Å². The summed E-state index contributed by atoms with van der Waals surface area (Å²) in [6.07, 6.45) is 1.74. The molecule has 72 valence electrons. The van der Waals surface area contributed by atoms with Crippen LogP contribution >= 0.6 is 0 Å². The highest BCUT2D eigenvalue weighted by Crippen LogP contribution is 2.17. The van der Waals surface area contributed by atoms with Crippen LogP contribution in [0.25, 0.3) is 11.4 Å². The third-order valence-electron chi connectivity index (χ3n) is 2.00. The molecule has 0 amide bonds. The van der Waals surface area contributed by atoms with E-state index in [-0.39, 0.29) is 0 Å². The molecule has 0 aliphatic carbocycles. The molecule has 0 spiro atoms. The number of rotatable bonds is 2. The van der Waals surface area contributed by atoms with E-state index in [0.717, 1.165) is 17.1 Å². The van der Waals surface area contributed by atoms with Gasteiger partial charge in [-0.25, -0.2) is 4.68 Å². The number of nitrogens with zero attached hydrogens (tertiary/aromatic N) is 4. The van der Waals surface area contributed by atoms with Crippen molar-refractivity contribution in [2.24, 2.45) is 12.8 Å². The lowest BCUT2D eigenvalue weighted by Gasteiger charge is -2.01. The lowest BCUT2D eigenvalue weighted by molar-refractivity contribution is 0.717. The summed E-state index contributed by atoms with van der Waals surface area (Å²) in [5, 5.41) is 7.87. The number of hydrogen-bond acceptors (Lipinski definition) is 4. The Bertz CT molecular complexity index is 420. The van der Waals surface area contributed by atoms with Gasteiger partial charge in [-0.1, -0.05) is 11.3 Å². The molecule has 0 aromatic carbocycles. The Morgan fingerprint density at radius 3 is 2.93 bits per heavy atom. The van der Waals surface area contributed by atoms with Crippen LogP contribution in [0, 0.1) is 0 Å². The van der Waals surface area contributed by atoms with Gasteiger partial charge in [-0.15, -0.1) is 5.10 Å². The quantitative estimate of drug-likeness (QED) is 0.739. The third kappa shape index (κ3) is 1.38. The predicted molar refractivity (Wildman–Crippen MR) is 52.1 cm³/mol. The Labute approximate surface area is 81.6 Å². The Morgan fingerprint density at radius 2 is 2.29 bits per heavy atom. The van der Waals surface area contributed by atoms with E-state index < -0.39 is 0 Å². The van der Waals surface area contributed by atoms with Crippen molar-refractivity contribution in [2.75, 3.05) is 0 Å². The minimum Gasteiger partial charge on any atom is -0.325 e. The lowest BCUT2D eigenvalue weighted by atomic mass is 10.2. The summed E-state index contributed by atoms with van der Waals surface area (Å²) in [6.45, 7) is 0.375. The molecule has 0 saturated heterocycles. The molecule has 0 aliphatic heterocycles. The van der Waals surface area contributed by atoms with E-state index in [1.54, 1.807) is 10.9 Å². The molecule has 2 N–H and O–H groups in total. The molecule has 5 nitrogen and oxygen atoms in total. The van der Waals surface area contributed by atoms with Crippen LogP contribution in [-0.4, -0.2) is 20.0 Å². The summed E-state index contributed by atoms with van der Waals surface area (Å²) in [5.41, 5.74) is 8.06. The Balaban J connectivity index is 2.55. The lowest BCUT2D eigenvalue weighted by Crippen LogP contribution is -2.01. The minimum atomic E-state index is 0.375. The van der Waals surface area contributed by atoms with Crippen molar-refractivity contribution in [2.45, 2.75) is 6.54 Å². The van der Waals surface area contributed by atoms with Crippen LogP contribution in [-0.2, 0) is 13.6 Å². The van der Waals surface area contributed by atoms with Gasteiger partial charge < -0.3 is 5.73 Å². The first-order valence-corrected chi connectivity index (χ1v) is 4.33. The van der Waals surface area contributed by atoms with E-state index in [0.29, 0.717) is 6.54 Å². The second kappa shape index (κ2) is 3.55. The zero-order valence-corrected chi connectivity index (χ0v) is 7.88. The Hall–Kier alpha value is -1.75. The van der Waals surface area contributed by atoms with Crippen molar-refractivity contribution in [3.8, 4) is 11.4 Å². The van der Waals surface area contributed by atoms with E-state index in [4.69, 9.17) is 5.73 Å². The summed E-state index contributed by atoms with van der Waals surface area (Å²) in [6, 6.07) is 5.71. The fourth-order valence-electron chi connectivity index (χ4n) is 1.35. The van der Waals surface area contributed by atoms with E-state index in [9.17, 15) is 0 Å². The minimum absolute atomic E-state index is 0.375. The summed E-state index contributed by atoms with van der Waals surface area (Å²) in [5.74, 6) is 0. The van der Waals surface area contributed by atoms with Crippen LogP contribution in [0.4, 0.5) is 0 Å². The van der Waals surface area contributed by atoms with E-state index >= 15 is 0 Å². The first kappa shape index (κ1) is 8.83. The molecule has 2 heterocycles. The summed E-state index contributed by atoms with van der Waals surface area (Å²) >= 11 is 0. The van der Waals surface area contributed by atoms with Gasteiger partial charge in [0, 0.05) is 19.8 Å². The van der Waals surface area contributed by atoms with E-state index in [2.05, 4.69) is 15.3 Å². The van der Waals surface area contributed by atoms with Gasteiger partial charge in [-0.2, -0.15) is 0 Å². The number of aromatic nitrogens is 4. The van der Waals surface area contributed by atoms with Crippen molar-refractivity contribution in [3.05, 3.63) is 30.1 Å². The molecule has 0 aliphatic rings. The predicted octanol–water partition coefficient (Wildman–Crippen LogP) is 0.336. The fourth-order valence-corrected chi connectivity index (χ4v) is 1.35. The molecule has 2 rings (SSSR count). The van der Waals surface area contributed by atoms with Gasteiger partial charge in [0.15, 0.2) is 0 Å². The fraction of sp³-hybridized carbons (Fsp3) is 0.222. The molecule has 0 bridgehead atoms. The van der Waals surface area contributed by atoms with Gasteiger partial charge in [0.25, 0.3) is 0 Å². The van der Waals surface area contributed by atoms with Crippen molar-refractivity contribution < 1.29 is 0 Å². The van der Waals surface area contributed by atoms with Crippen LogP contribution in [0.2, 0.25) is 0 Å². The molecule has 0 radical (unpaired) electrons. The first-order chi connectivity index (χ1) is 6.83. The van der Waals surface area contributed by atoms with Crippen LogP contribution in [0.15, 0.2) is 24.4 Å². The van der Waals surface area contributed by atoms with Crippen molar-refractivity contribution in [3.63, 3.8) is 0 Å². The Kier molecular flexibility index (Phi) is 2.24. The van der Waals surface area contributed by atoms with Gasteiger partial charge in [-0.05, 0) is 12.1 Å². The molecule has 0 fully saturated rings. The maximum absolute atomic E-state index is 5.56. The second-order valence-corrected chi connectivity index (χ2v) is 2.93. The largest absolute Gasteiger partial charge is 0.325 e. The molecule has 0 atom stereocenters. The average molecular weight is 189 g/mol. The summed E-state index contributed by atoms with van der Waals surface area (Å²) < 4.78 is 1.69. The molecule has 2 aromatic rings. The van der Waals surface area contributed by atoms with Crippen LogP contribution < -0.4 is 5.73 Å². The van der Waals surface area contributed by atoms with Gasteiger partial charge in [0.2, 0.25) is 0 Å². The number of pyridine rings is 1. The molecular weight excluding hydrogens is 178 g/mol. The van der Waals surface area contributed by atoms with Crippen LogP contribution in [0.3, 0.4) is 0 Å². The first-order valence-electron chi connectivity index (χ1n) is 4.33. The van der Waals surface area contributed by atoms with E-state index in [1.807, 2.05) is 25.2 Å². The van der Waals surface area contributed by atoms with E-state index in [1.165, 1.54) is 0 Å². The Morgan fingerprint density at radius 1 is 1.43 bits per heavy atom. The normalized spacial score (nSPS) is 10.4. The standard InChI is InChI=1S/C9H11N5/c1-14-9(8(6-10)12-13-14)7-4-2-3-5-11-7/h2-5H,6,10H2,1H3. The smallest absolute Gasteiger partial charge is 0.111 e. The zero-order chi connectivity index (χ0) is 9.97. The van der Waals surface area contributed by atoms with Crippen molar-refractivity contribution in [1.82, 2.24) is 20.0 Å². The summed E-state index contributed by atoms with van der Waals surface area (Å²) in [4.78, 5) is 4.23. The summed E-state index contributed by atoms with van der Waals surface area (Å²) in [7, 11) is 1.83. The zero-order valence-electron chi connectivity index (χ0n) is 7.88. The monoisotopic (exact) mass is 189 g/mol. The highest BCUT2D eigenvalue weighted by atomic mass is 15.4. The van der Waals surface area contributed by atoms with Gasteiger partial charge in [0.05, 0.1) is 5.69 Å². The number of nitrogens with two attached hydrogens (primary N) is 1. The van der Waals surface area contributed by atoms with Crippen LogP contribution in [0.5, 0.6) is 0 Å². The highest BCUT2D eigenvalue weighted by molar-refractivity contribution is 5.56. The van der Waals surface area contributed by atoms with Crippen molar-refractivity contribution >= 4 is 0 Å². The number of aryl methyl sites for hydroxylation is 1. The van der Waals surface area contributed by atoms with Gasteiger partial charge >= 0.3 is 0 Å². The SMILES string of the molecule is Cn1nnc(CN)c1-c1ccccn1. The van der Waals surface area contributed by atoms with Gasteiger partial charge in [-0.3, -0.25) is 4.98 Å². The third-order valence-corrected chi connectivity index (χ3v) is 2.00. The maximum atomic E-state index is 5.56. The average Bonchev–Trinajstić information content (AvgIpc) is 2.61. The van der Waals surface area contributed by atoms with Crippen LogP contribution in [0.1, 0.15) is 5.69 Å². The molecule has 14 heavy (non-hydrogen) atoms. The molecule has 2 aromatic heterocycles. The number of hydrogen-bond donors (Lipinski definition) is 1. The maximum Gasteiger partial charge on any atom is 0.111 e. The molecule has 5 heteroatoms. The topological polar surface area (TPSA) is 69.6 Å².